The topological polar surface area (TPSA) is 39.2 Å². The first-order chi connectivity index (χ1) is 9.00. The van der Waals surface area contributed by atoms with E-state index in [1.54, 1.807) is 12.3 Å². The molecule has 1 aliphatic carbocycles. The molecule has 0 bridgehead atoms. The van der Waals surface area contributed by atoms with Crippen molar-refractivity contribution in [1.29, 1.82) is 0 Å². The number of hydrogen-bond donors (Lipinski definition) is 0. The van der Waals surface area contributed by atoms with Gasteiger partial charge in [0.05, 0.1) is 4.47 Å². The van der Waals surface area contributed by atoms with Gasteiger partial charge in [-0.05, 0) is 34.8 Å². The predicted molar refractivity (Wildman–Crippen MR) is 71.5 cm³/mol. The summed E-state index contributed by atoms with van der Waals surface area (Å²) in [4.78, 5) is 4.12. The van der Waals surface area contributed by atoms with Gasteiger partial charge in [-0.15, -0.1) is 0 Å². The van der Waals surface area contributed by atoms with Crippen LogP contribution < -0.4 is 4.74 Å². The molecule has 0 aromatic carbocycles. The highest BCUT2D eigenvalue weighted by molar-refractivity contribution is 9.10. The molecule has 1 aromatic heterocycles. The Kier molecular flexibility index (Phi) is 4.78. The Balaban J connectivity index is 1.98. The summed E-state index contributed by atoms with van der Waals surface area (Å²) in [6.45, 7) is 0. The van der Waals surface area contributed by atoms with Gasteiger partial charge in [-0.3, -0.25) is 0 Å². The second-order valence-corrected chi connectivity index (χ2v) is 5.94. The summed E-state index contributed by atoms with van der Waals surface area (Å²) >= 11 is 3.79. The maximum absolute atomic E-state index is 13.0. The van der Waals surface area contributed by atoms with Crippen LogP contribution in [-0.4, -0.2) is 17.0 Å². The van der Waals surface area contributed by atoms with E-state index in [2.05, 4.69) is 20.9 Å². The molecule has 7 heteroatoms. The molecule has 2 rings (SSSR count). The average molecular weight is 353 g/mol. The standard InChI is InChI=1S/C12H13BrF2NO2S/c13-10-5-8(7-19-17)6-16-11(10)18-9-1-3-12(14,15)4-2-9/h5-6,9H,1-4,7H2/q+1. The van der Waals surface area contributed by atoms with Crippen LogP contribution in [0.2, 0.25) is 0 Å². The van der Waals surface area contributed by atoms with Gasteiger partial charge in [0.1, 0.15) is 6.10 Å². The minimum absolute atomic E-state index is 0.139. The molecule has 0 saturated heterocycles. The van der Waals surface area contributed by atoms with Gasteiger partial charge < -0.3 is 4.74 Å². The molecule has 0 amide bonds. The molecule has 0 atom stereocenters. The molecule has 3 nitrogen and oxygen atoms in total. The average Bonchev–Trinajstić information content (AvgIpc) is 2.35. The van der Waals surface area contributed by atoms with E-state index in [0.717, 1.165) is 5.56 Å². The van der Waals surface area contributed by atoms with Crippen molar-refractivity contribution in [3.05, 3.63) is 22.3 Å². The van der Waals surface area contributed by atoms with E-state index < -0.39 is 5.92 Å². The normalized spacial score (nSPS) is 19.1. The Labute approximate surface area is 122 Å². The Morgan fingerprint density at radius 3 is 2.74 bits per heavy atom. The fraction of sp³-hybridized carbons (Fsp3) is 0.583. The fourth-order valence-corrected chi connectivity index (χ4v) is 2.77. The zero-order chi connectivity index (χ0) is 13.9. The second-order valence-electron chi connectivity index (χ2n) is 4.57. The quantitative estimate of drug-likeness (QED) is 0.775. The molecular formula is C12H13BrF2NO2S+. The van der Waals surface area contributed by atoms with Crippen molar-refractivity contribution < 1.29 is 17.7 Å². The van der Waals surface area contributed by atoms with Gasteiger partial charge in [-0.1, -0.05) is 0 Å². The first-order valence-electron chi connectivity index (χ1n) is 5.94. The Hall–Kier alpha value is -0.690. The summed E-state index contributed by atoms with van der Waals surface area (Å²) < 4.78 is 42.8. The number of ether oxygens (including phenoxy) is 1. The number of nitrogens with zero attached hydrogens (tertiary/aromatic N) is 1. The first kappa shape index (κ1) is 14.7. The third kappa shape index (κ3) is 4.14. The number of halogens is 3. The summed E-state index contributed by atoms with van der Waals surface area (Å²) in [7, 11) is 0. The number of rotatable bonds is 4. The molecule has 1 saturated carbocycles. The van der Waals surface area contributed by atoms with Crippen LogP contribution in [0.1, 0.15) is 31.2 Å². The summed E-state index contributed by atoms with van der Waals surface area (Å²) in [6.07, 6.45) is 1.74. The van der Waals surface area contributed by atoms with Crippen LogP contribution >= 0.6 is 15.9 Å². The van der Waals surface area contributed by atoms with E-state index >= 15 is 0 Å². The molecule has 104 valence electrons. The van der Waals surface area contributed by atoms with Gasteiger partial charge in [0, 0.05) is 28.8 Å². The molecule has 0 aliphatic heterocycles. The van der Waals surface area contributed by atoms with Crippen LogP contribution in [0.25, 0.3) is 0 Å². The molecule has 19 heavy (non-hydrogen) atoms. The van der Waals surface area contributed by atoms with Crippen LogP contribution in [0, 0.1) is 0 Å². The lowest BCUT2D eigenvalue weighted by atomic mass is 9.94. The van der Waals surface area contributed by atoms with Crippen LogP contribution in [0.5, 0.6) is 5.88 Å². The Morgan fingerprint density at radius 2 is 2.16 bits per heavy atom. The predicted octanol–water partition coefficient (Wildman–Crippen LogP) is 3.73. The number of pyridine rings is 1. The van der Waals surface area contributed by atoms with E-state index in [-0.39, 0.29) is 18.9 Å². The molecular weight excluding hydrogens is 340 g/mol. The van der Waals surface area contributed by atoms with E-state index in [4.69, 9.17) is 4.74 Å². The highest BCUT2D eigenvalue weighted by atomic mass is 79.9. The van der Waals surface area contributed by atoms with Gasteiger partial charge in [0.25, 0.3) is 5.75 Å². The lowest BCUT2D eigenvalue weighted by Gasteiger charge is -2.28. The molecule has 0 radical (unpaired) electrons. The maximum Gasteiger partial charge on any atom is 0.463 e. The van der Waals surface area contributed by atoms with E-state index in [1.165, 1.54) is 0 Å². The fourth-order valence-electron chi connectivity index (χ4n) is 1.99. The molecule has 0 spiro atoms. The molecule has 1 aliphatic rings. The minimum atomic E-state index is -2.56. The van der Waals surface area contributed by atoms with E-state index in [9.17, 15) is 13.0 Å². The van der Waals surface area contributed by atoms with Crippen molar-refractivity contribution >= 4 is 27.6 Å². The van der Waals surface area contributed by atoms with Gasteiger partial charge in [0.2, 0.25) is 11.8 Å². The molecule has 1 heterocycles. The first-order valence-corrected chi connectivity index (χ1v) is 7.64. The number of alkyl halides is 2. The SMILES string of the molecule is O=[S+]Cc1cnc(OC2CCC(F)(F)CC2)c(Br)c1. The molecule has 1 fully saturated rings. The van der Waals surface area contributed by atoms with Crippen molar-refractivity contribution in [2.24, 2.45) is 0 Å². The third-order valence-electron chi connectivity index (χ3n) is 3.03. The molecule has 0 N–H and O–H groups in total. The summed E-state index contributed by atoms with van der Waals surface area (Å²) in [5.74, 6) is -1.82. The summed E-state index contributed by atoms with van der Waals surface area (Å²) in [5.41, 5.74) is 0.800. The highest BCUT2D eigenvalue weighted by Gasteiger charge is 2.36. The number of hydrogen-bond acceptors (Lipinski definition) is 3. The van der Waals surface area contributed by atoms with Gasteiger partial charge in [-0.2, -0.15) is 0 Å². The van der Waals surface area contributed by atoms with Crippen molar-refractivity contribution in [1.82, 2.24) is 4.98 Å². The van der Waals surface area contributed by atoms with Crippen LogP contribution in [0.4, 0.5) is 8.78 Å². The van der Waals surface area contributed by atoms with Crippen LogP contribution in [0.3, 0.4) is 0 Å². The zero-order valence-electron chi connectivity index (χ0n) is 10.1. The maximum atomic E-state index is 13.0. The summed E-state index contributed by atoms with van der Waals surface area (Å²) in [6, 6.07) is 1.77. The van der Waals surface area contributed by atoms with E-state index in [1.807, 2.05) is 0 Å². The zero-order valence-corrected chi connectivity index (χ0v) is 12.5. The third-order valence-corrected chi connectivity index (χ3v) is 4.05. The van der Waals surface area contributed by atoms with Gasteiger partial charge in [0.15, 0.2) is 0 Å². The van der Waals surface area contributed by atoms with Crippen LogP contribution in [-0.2, 0) is 21.6 Å². The monoisotopic (exact) mass is 352 g/mol. The van der Waals surface area contributed by atoms with Crippen molar-refractivity contribution in [3.63, 3.8) is 0 Å². The van der Waals surface area contributed by atoms with Crippen molar-refractivity contribution in [2.45, 2.75) is 43.5 Å². The van der Waals surface area contributed by atoms with E-state index in [0.29, 0.717) is 40.6 Å². The smallest absolute Gasteiger partial charge is 0.463 e. The number of aromatic nitrogens is 1. The van der Waals surface area contributed by atoms with Crippen molar-refractivity contribution in [2.75, 3.05) is 0 Å². The van der Waals surface area contributed by atoms with Crippen molar-refractivity contribution in [3.8, 4) is 5.88 Å². The Bertz CT molecular complexity index is 463. The largest absolute Gasteiger partial charge is 0.474 e. The molecule has 0 unspecified atom stereocenters. The summed E-state index contributed by atoms with van der Waals surface area (Å²) in [5, 5.41) is 0. The van der Waals surface area contributed by atoms with Crippen LogP contribution in [0.15, 0.2) is 16.7 Å². The lowest BCUT2D eigenvalue weighted by Crippen LogP contribution is -2.31. The lowest BCUT2D eigenvalue weighted by molar-refractivity contribution is -0.0589. The highest BCUT2D eigenvalue weighted by Crippen LogP contribution is 2.35. The van der Waals surface area contributed by atoms with Gasteiger partial charge >= 0.3 is 11.7 Å². The molecule has 1 aromatic rings. The van der Waals surface area contributed by atoms with Gasteiger partial charge in [-0.25, -0.2) is 13.8 Å². The minimum Gasteiger partial charge on any atom is -0.474 e. The second kappa shape index (κ2) is 6.17. The Morgan fingerprint density at radius 1 is 1.47 bits per heavy atom.